The number of carbonyl (C=O) groups excluding carboxylic acids is 1. The van der Waals surface area contributed by atoms with E-state index in [1.807, 2.05) is 0 Å². The van der Waals surface area contributed by atoms with Crippen LogP contribution in [0.3, 0.4) is 0 Å². The molecular formula is C5H7F2NO. The van der Waals surface area contributed by atoms with Gasteiger partial charge in [-0.3, -0.25) is 4.79 Å². The molecule has 1 unspecified atom stereocenters. The molecule has 1 heterocycles. The summed E-state index contributed by atoms with van der Waals surface area (Å²) in [6.45, 7) is 0.485. The Bertz CT molecular complexity index is 118. The van der Waals surface area contributed by atoms with Crippen LogP contribution < -0.4 is 0 Å². The van der Waals surface area contributed by atoms with Gasteiger partial charge in [0.1, 0.15) is 0 Å². The molecule has 2 nitrogen and oxygen atoms in total. The van der Waals surface area contributed by atoms with Crippen molar-refractivity contribution < 1.29 is 13.6 Å². The third kappa shape index (κ3) is 1.01. The summed E-state index contributed by atoms with van der Waals surface area (Å²) in [5.74, 6) is 0. The lowest BCUT2D eigenvalue weighted by Gasteiger charge is -2.36. The van der Waals surface area contributed by atoms with Crippen molar-refractivity contribution in [3.8, 4) is 0 Å². The van der Waals surface area contributed by atoms with E-state index in [1.54, 1.807) is 0 Å². The first-order valence-corrected chi connectivity index (χ1v) is 2.75. The fraction of sp³-hybridized carbons (Fsp3) is 0.800. The lowest BCUT2D eigenvalue weighted by atomic mass is 10.1. The molecule has 1 atom stereocenters. The minimum absolute atomic E-state index is 0.441. The number of rotatable bonds is 2. The maximum Gasteiger partial charge on any atom is 0.258 e. The molecule has 1 amide bonds. The van der Waals surface area contributed by atoms with Gasteiger partial charge in [0.2, 0.25) is 6.41 Å². The maximum absolute atomic E-state index is 11.7. The average Bonchev–Trinajstić information content (AvgIpc) is 1.61. The first kappa shape index (κ1) is 6.45. The Hall–Kier alpha value is -0.670. The van der Waals surface area contributed by atoms with Crippen LogP contribution in [0.15, 0.2) is 0 Å². The number of likely N-dealkylation sites (tertiary alicyclic amines) is 1. The van der Waals surface area contributed by atoms with E-state index in [-0.39, 0.29) is 0 Å². The van der Waals surface area contributed by atoms with E-state index in [0.29, 0.717) is 19.4 Å². The number of hydrogen-bond donors (Lipinski definition) is 0. The van der Waals surface area contributed by atoms with Gasteiger partial charge in [0.05, 0.1) is 6.04 Å². The van der Waals surface area contributed by atoms with Crippen LogP contribution >= 0.6 is 0 Å². The smallest absolute Gasteiger partial charge is 0.258 e. The van der Waals surface area contributed by atoms with Gasteiger partial charge in [-0.05, 0) is 6.42 Å². The van der Waals surface area contributed by atoms with Crippen LogP contribution in [0, 0.1) is 0 Å². The molecular weight excluding hydrogens is 128 g/mol. The first-order chi connectivity index (χ1) is 4.25. The van der Waals surface area contributed by atoms with Gasteiger partial charge in [-0.1, -0.05) is 0 Å². The van der Waals surface area contributed by atoms with E-state index in [4.69, 9.17) is 0 Å². The average molecular weight is 135 g/mol. The molecule has 0 aromatic heterocycles. The van der Waals surface area contributed by atoms with Crippen LogP contribution in [0.4, 0.5) is 8.78 Å². The summed E-state index contributed by atoms with van der Waals surface area (Å²) in [4.78, 5) is 11.0. The number of halogens is 2. The van der Waals surface area contributed by atoms with E-state index in [2.05, 4.69) is 0 Å². The quantitative estimate of drug-likeness (QED) is 0.504. The summed E-state index contributed by atoms with van der Waals surface area (Å²) in [7, 11) is 0. The van der Waals surface area contributed by atoms with E-state index in [1.165, 1.54) is 0 Å². The molecule has 1 rings (SSSR count). The zero-order chi connectivity index (χ0) is 6.85. The van der Waals surface area contributed by atoms with E-state index >= 15 is 0 Å². The summed E-state index contributed by atoms with van der Waals surface area (Å²) >= 11 is 0. The normalized spacial score (nSPS) is 26.1. The number of hydrogen-bond acceptors (Lipinski definition) is 1. The molecule has 4 heteroatoms. The van der Waals surface area contributed by atoms with Crippen LogP contribution in [0.1, 0.15) is 6.42 Å². The van der Waals surface area contributed by atoms with Crippen molar-refractivity contribution in [2.75, 3.05) is 6.54 Å². The van der Waals surface area contributed by atoms with E-state index < -0.39 is 12.5 Å². The third-order valence-corrected chi connectivity index (χ3v) is 1.54. The second kappa shape index (κ2) is 2.29. The summed E-state index contributed by atoms with van der Waals surface area (Å²) in [6, 6.07) is -0.803. The lowest BCUT2D eigenvalue weighted by molar-refractivity contribution is -0.131. The zero-order valence-corrected chi connectivity index (χ0v) is 4.76. The largest absolute Gasteiger partial charge is 0.336 e. The van der Waals surface area contributed by atoms with Crippen LogP contribution in [-0.4, -0.2) is 30.3 Å². The van der Waals surface area contributed by atoms with Crippen LogP contribution in [-0.2, 0) is 4.79 Å². The fourth-order valence-corrected chi connectivity index (χ4v) is 0.829. The molecule has 0 saturated carbocycles. The SMILES string of the molecule is O=CN1CCC1C(F)F. The third-order valence-electron chi connectivity index (χ3n) is 1.54. The van der Waals surface area contributed by atoms with Crippen molar-refractivity contribution in [1.82, 2.24) is 4.90 Å². The van der Waals surface area contributed by atoms with Crippen LogP contribution in [0.25, 0.3) is 0 Å². The Morgan fingerprint density at radius 2 is 2.33 bits per heavy atom. The van der Waals surface area contributed by atoms with Gasteiger partial charge in [0.15, 0.2) is 0 Å². The van der Waals surface area contributed by atoms with Crippen LogP contribution in [0.2, 0.25) is 0 Å². The highest BCUT2D eigenvalue weighted by atomic mass is 19.3. The van der Waals surface area contributed by atoms with Gasteiger partial charge in [-0.25, -0.2) is 8.78 Å². The highest BCUT2D eigenvalue weighted by Crippen LogP contribution is 2.20. The van der Waals surface area contributed by atoms with Crippen molar-refractivity contribution in [2.45, 2.75) is 18.9 Å². The molecule has 0 aliphatic carbocycles. The predicted molar refractivity (Wildman–Crippen MR) is 27.2 cm³/mol. The Morgan fingerprint density at radius 3 is 2.44 bits per heavy atom. The number of carbonyl (C=O) groups is 1. The minimum atomic E-state index is -2.37. The summed E-state index contributed by atoms with van der Waals surface area (Å²) in [6.07, 6.45) is -1.46. The Balaban J connectivity index is 2.35. The number of amides is 1. The molecule has 52 valence electrons. The molecule has 1 fully saturated rings. The van der Waals surface area contributed by atoms with Crippen molar-refractivity contribution in [3.63, 3.8) is 0 Å². The Kier molecular flexibility index (Phi) is 1.64. The van der Waals surface area contributed by atoms with Gasteiger partial charge in [0, 0.05) is 6.54 Å². The zero-order valence-electron chi connectivity index (χ0n) is 4.76. The van der Waals surface area contributed by atoms with Gasteiger partial charge in [0.25, 0.3) is 6.43 Å². The van der Waals surface area contributed by atoms with Gasteiger partial charge in [-0.15, -0.1) is 0 Å². The Labute approximate surface area is 51.4 Å². The standard InChI is InChI=1S/C5H7F2NO/c6-5(7)4-1-2-8(4)3-9/h3-5H,1-2H2. The van der Waals surface area contributed by atoms with Gasteiger partial charge < -0.3 is 4.90 Å². The summed E-state index contributed by atoms with van der Waals surface area (Å²) < 4.78 is 23.4. The first-order valence-electron chi connectivity index (χ1n) is 2.75. The number of nitrogens with zero attached hydrogens (tertiary/aromatic N) is 1. The second-order valence-electron chi connectivity index (χ2n) is 2.03. The molecule has 0 N–H and O–H groups in total. The summed E-state index contributed by atoms with van der Waals surface area (Å²) in [5, 5.41) is 0. The number of alkyl halides is 2. The molecule has 0 bridgehead atoms. The topological polar surface area (TPSA) is 20.3 Å². The van der Waals surface area contributed by atoms with E-state index in [9.17, 15) is 13.6 Å². The molecule has 0 spiro atoms. The van der Waals surface area contributed by atoms with Crippen molar-refractivity contribution in [3.05, 3.63) is 0 Å². The highest BCUT2D eigenvalue weighted by Gasteiger charge is 2.33. The fourth-order valence-electron chi connectivity index (χ4n) is 0.829. The van der Waals surface area contributed by atoms with Crippen molar-refractivity contribution >= 4 is 6.41 Å². The predicted octanol–water partition coefficient (Wildman–Crippen LogP) is 0.482. The maximum atomic E-state index is 11.7. The molecule has 0 radical (unpaired) electrons. The molecule has 0 aromatic carbocycles. The van der Waals surface area contributed by atoms with Crippen molar-refractivity contribution in [1.29, 1.82) is 0 Å². The molecule has 1 saturated heterocycles. The Morgan fingerprint density at radius 1 is 1.67 bits per heavy atom. The van der Waals surface area contributed by atoms with Crippen LogP contribution in [0.5, 0.6) is 0 Å². The van der Waals surface area contributed by atoms with Gasteiger partial charge >= 0.3 is 0 Å². The second-order valence-corrected chi connectivity index (χ2v) is 2.03. The minimum Gasteiger partial charge on any atom is -0.336 e. The summed E-state index contributed by atoms with van der Waals surface area (Å²) in [5.41, 5.74) is 0. The molecule has 1 aliphatic rings. The molecule has 1 aliphatic heterocycles. The molecule has 9 heavy (non-hydrogen) atoms. The highest BCUT2D eigenvalue weighted by molar-refractivity contribution is 5.49. The van der Waals surface area contributed by atoms with Gasteiger partial charge in [-0.2, -0.15) is 0 Å². The lowest BCUT2D eigenvalue weighted by Crippen LogP contribution is -2.50. The monoisotopic (exact) mass is 135 g/mol. The van der Waals surface area contributed by atoms with E-state index in [0.717, 1.165) is 4.90 Å². The van der Waals surface area contributed by atoms with Crippen molar-refractivity contribution in [2.24, 2.45) is 0 Å². The molecule has 0 aromatic rings.